The van der Waals surface area contributed by atoms with Crippen LogP contribution in [0.3, 0.4) is 0 Å². The number of amides is 1. The van der Waals surface area contributed by atoms with E-state index in [1.165, 1.54) is 6.07 Å². The molecule has 3 rings (SSSR count). The number of ether oxygens (including phenoxy) is 1. The smallest absolute Gasteiger partial charge is 0.254 e. The zero-order valence-electron chi connectivity index (χ0n) is 17.0. The fourth-order valence-corrected chi connectivity index (χ4v) is 5.97. The molecule has 0 bridgehead atoms. The molecule has 0 radical (unpaired) electrons. The van der Waals surface area contributed by atoms with Crippen LogP contribution in [0.15, 0.2) is 40.6 Å². The Morgan fingerprint density at radius 1 is 1.21 bits per heavy atom. The lowest BCUT2D eigenvalue weighted by molar-refractivity contribution is 0.0682. The van der Waals surface area contributed by atoms with Crippen LogP contribution < -0.4 is 0 Å². The van der Waals surface area contributed by atoms with Crippen molar-refractivity contribution in [2.75, 3.05) is 33.4 Å². The van der Waals surface area contributed by atoms with Gasteiger partial charge in [0.1, 0.15) is 0 Å². The summed E-state index contributed by atoms with van der Waals surface area (Å²) in [6, 6.07) is 8.91. The molecule has 0 spiro atoms. The van der Waals surface area contributed by atoms with Crippen molar-refractivity contribution in [3.63, 3.8) is 0 Å². The van der Waals surface area contributed by atoms with Crippen molar-refractivity contribution < 1.29 is 17.9 Å². The molecule has 2 aromatic rings. The van der Waals surface area contributed by atoms with Crippen LogP contribution in [-0.2, 0) is 21.3 Å². The molecule has 6 nitrogen and oxygen atoms in total. The molecule has 8 heteroatoms. The van der Waals surface area contributed by atoms with Gasteiger partial charge in [-0.2, -0.15) is 4.31 Å². The minimum atomic E-state index is -3.60. The van der Waals surface area contributed by atoms with E-state index in [9.17, 15) is 13.2 Å². The molecular formula is C21H28N2O4S2. The SMILES string of the molecule is COCCN(Cc1cccs1)C(=O)c1ccc(C)c(S(=O)(=O)N2CCCCC2)c1. The van der Waals surface area contributed by atoms with E-state index < -0.39 is 10.0 Å². The Labute approximate surface area is 177 Å². The van der Waals surface area contributed by atoms with Crippen molar-refractivity contribution in [3.05, 3.63) is 51.7 Å². The Balaban J connectivity index is 1.88. The number of thiophene rings is 1. The van der Waals surface area contributed by atoms with E-state index in [0.29, 0.717) is 43.9 Å². The van der Waals surface area contributed by atoms with Gasteiger partial charge in [0.25, 0.3) is 5.91 Å². The summed E-state index contributed by atoms with van der Waals surface area (Å²) in [7, 11) is -2.00. The number of carbonyl (C=O) groups is 1. The third kappa shape index (κ3) is 5.25. The van der Waals surface area contributed by atoms with E-state index in [4.69, 9.17) is 4.74 Å². The second-order valence-corrected chi connectivity index (χ2v) is 10.2. The van der Waals surface area contributed by atoms with Gasteiger partial charge in [-0.3, -0.25) is 4.79 Å². The first kappa shape index (κ1) is 22.0. The first-order valence-electron chi connectivity index (χ1n) is 9.85. The molecule has 2 heterocycles. The monoisotopic (exact) mass is 436 g/mol. The van der Waals surface area contributed by atoms with Crippen LogP contribution >= 0.6 is 11.3 Å². The van der Waals surface area contributed by atoms with Crippen molar-refractivity contribution in [3.8, 4) is 0 Å². The van der Waals surface area contributed by atoms with Crippen LogP contribution in [0.4, 0.5) is 0 Å². The molecule has 0 atom stereocenters. The molecule has 158 valence electrons. The number of sulfonamides is 1. The second-order valence-electron chi connectivity index (χ2n) is 7.24. The molecule has 1 aliphatic heterocycles. The number of hydrogen-bond donors (Lipinski definition) is 0. The highest BCUT2D eigenvalue weighted by molar-refractivity contribution is 7.89. The number of carbonyl (C=O) groups excluding carboxylic acids is 1. The number of hydrogen-bond acceptors (Lipinski definition) is 5. The minimum absolute atomic E-state index is 0.189. The number of rotatable bonds is 8. The number of methoxy groups -OCH3 is 1. The average Bonchev–Trinajstić information content (AvgIpc) is 3.24. The lowest BCUT2D eigenvalue weighted by Crippen LogP contribution is -2.36. The van der Waals surface area contributed by atoms with E-state index in [2.05, 4.69) is 0 Å². The fourth-order valence-electron chi connectivity index (χ4n) is 3.48. The summed E-state index contributed by atoms with van der Waals surface area (Å²) in [5.74, 6) is -0.189. The highest BCUT2D eigenvalue weighted by Crippen LogP contribution is 2.25. The second kappa shape index (κ2) is 9.84. The normalized spacial score (nSPS) is 15.4. The standard InChI is InChI=1S/C21H28N2O4S2/c1-17-8-9-18(15-20(17)29(25,26)23-10-4-3-5-11-23)21(24)22(12-13-27-2)16-19-7-6-14-28-19/h6-9,14-15H,3-5,10-13,16H2,1-2H3. The molecule has 1 aliphatic rings. The molecule has 1 saturated heterocycles. The predicted molar refractivity (Wildman–Crippen MR) is 115 cm³/mol. The summed E-state index contributed by atoms with van der Waals surface area (Å²) in [4.78, 5) is 16.2. The van der Waals surface area contributed by atoms with Gasteiger partial charge in [0.05, 0.1) is 18.0 Å². The lowest BCUT2D eigenvalue weighted by atomic mass is 10.1. The van der Waals surface area contributed by atoms with Crippen LogP contribution in [-0.4, -0.2) is 56.9 Å². The molecule has 0 unspecified atom stereocenters. The van der Waals surface area contributed by atoms with Crippen LogP contribution in [0, 0.1) is 6.92 Å². The highest BCUT2D eigenvalue weighted by Gasteiger charge is 2.28. The molecular weight excluding hydrogens is 408 g/mol. The Kier molecular flexibility index (Phi) is 7.45. The Hall–Kier alpha value is -1.74. The molecule has 1 fully saturated rings. The first-order chi connectivity index (χ1) is 13.9. The summed E-state index contributed by atoms with van der Waals surface area (Å²) in [6.45, 7) is 4.19. The zero-order chi connectivity index (χ0) is 20.9. The van der Waals surface area contributed by atoms with Crippen molar-refractivity contribution in [1.82, 2.24) is 9.21 Å². The Morgan fingerprint density at radius 3 is 2.62 bits per heavy atom. The maximum absolute atomic E-state index is 13.2. The van der Waals surface area contributed by atoms with Gasteiger partial charge in [0, 0.05) is 37.2 Å². The largest absolute Gasteiger partial charge is 0.383 e. The van der Waals surface area contributed by atoms with Gasteiger partial charge < -0.3 is 9.64 Å². The van der Waals surface area contributed by atoms with Crippen molar-refractivity contribution in [2.45, 2.75) is 37.6 Å². The van der Waals surface area contributed by atoms with Gasteiger partial charge in [0.15, 0.2) is 0 Å². The highest BCUT2D eigenvalue weighted by atomic mass is 32.2. The quantitative estimate of drug-likeness (QED) is 0.635. The Morgan fingerprint density at radius 2 is 1.97 bits per heavy atom. The lowest BCUT2D eigenvalue weighted by Gasteiger charge is -2.27. The average molecular weight is 437 g/mol. The van der Waals surface area contributed by atoms with Gasteiger partial charge in [-0.1, -0.05) is 18.6 Å². The van der Waals surface area contributed by atoms with Crippen LogP contribution in [0.25, 0.3) is 0 Å². The number of piperidine rings is 1. The van der Waals surface area contributed by atoms with Gasteiger partial charge >= 0.3 is 0 Å². The summed E-state index contributed by atoms with van der Waals surface area (Å²) in [5, 5.41) is 1.98. The molecule has 0 N–H and O–H groups in total. The van der Waals surface area contributed by atoms with Gasteiger partial charge in [-0.25, -0.2) is 8.42 Å². The molecule has 29 heavy (non-hydrogen) atoms. The predicted octanol–water partition coefficient (Wildman–Crippen LogP) is 3.52. The summed E-state index contributed by atoms with van der Waals surface area (Å²) < 4.78 is 33.0. The number of nitrogens with zero attached hydrogens (tertiary/aromatic N) is 2. The fraction of sp³-hybridized carbons (Fsp3) is 0.476. The van der Waals surface area contributed by atoms with Gasteiger partial charge in [-0.15, -0.1) is 11.3 Å². The van der Waals surface area contributed by atoms with Crippen LogP contribution in [0.2, 0.25) is 0 Å². The van der Waals surface area contributed by atoms with E-state index >= 15 is 0 Å². The zero-order valence-corrected chi connectivity index (χ0v) is 18.6. The van der Waals surface area contributed by atoms with Crippen molar-refractivity contribution in [2.24, 2.45) is 0 Å². The number of benzene rings is 1. The van der Waals surface area contributed by atoms with E-state index in [1.807, 2.05) is 17.5 Å². The van der Waals surface area contributed by atoms with Crippen LogP contribution in [0.5, 0.6) is 0 Å². The third-order valence-corrected chi connectivity index (χ3v) is 8.05. The summed E-state index contributed by atoms with van der Waals surface area (Å²) in [6.07, 6.45) is 2.81. The maximum Gasteiger partial charge on any atom is 0.254 e. The van der Waals surface area contributed by atoms with Gasteiger partial charge in [0.2, 0.25) is 10.0 Å². The van der Waals surface area contributed by atoms with E-state index in [-0.39, 0.29) is 10.8 Å². The molecule has 1 aromatic heterocycles. The maximum atomic E-state index is 13.2. The Bertz CT molecular complexity index is 920. The van der Waals surface area contributed by atoms with Crippen molar-refractivity contribution in [1.29, 1.82) is 0 Å². The number of aryl methyl sites for hydroxylation is 1. The first-order valence-corrected chi connectivity index (χ1v) is 12.2. The van der Waals surface area contributed by atoms with Crippen molar-refractivity contribution >= 4 is 27.3 Å². The molecule has 0 aliphatic carbocycles. The third-order valence-electron chi connectivity index (χ3n) is 5.15. The minimum Gasteiger partial charge on any atom is -0.383 e. The van der Waals surface area contributed by atoms with Crippen LogP contribution in [0.1, 0.15) is 40.1 Å². The molecule has 0 saturated carbocycles. The van der Waals surface area contributed by atoms with E-state index in [1.54, 1.807) is 46.7 Å². The molecule has 1 aromatic carbocycles. The van der Waals surface area contributed by atoms with E-state index in [0.717, 1.165) is 24.1 Å². The summed E-state index contributed by atoms with van der Waals surface area (Å²) >= 11 is 1.59. The van der Waals surface area contributed by atoms with Gasteiger partial charge in [-0.05, 0) is 48.9 Å². The topological polar surface area (TPSA) is 66.9 Å². The summed E-state index contributed by atoms with van der Waals surface area (Å²) in [5.41, 5.74) is 1.05. The molecule has 1 amide bonds.